The number of fused-ring (bicyclic) bond motifs is 1. The first kappa shape index (κ1) is 22.6. The number of hydrogen-bond donors (Lipinski definition) is 3. The fraction of sp³-hybridized carbons (Fsp3) is 0.192. The zero-order valence-electron chi connectivity index (χ0n) is 18.9. The first-order chi connectivity index (χ1) is 16.8. The van der Waals surface area contributed by atoms with Crippen LogP contribution in [0, 0.1) is 6.92 Å². The summed E-state index contributed by atoms with van der Waals surface area (Å²) < 4.78 is 38.7. The molecular weight excluding hydrogens is 453 g/mol. The summed E-state index contributed by atoms with van der Waals surface area (Å²) in [5.74, 6) is 0.485. The van der Waals surface area contributed by atoms with E-state index >= 15 is 0 Å². The van der Waals surface area contributed by atoms with E-state index in [1.807, 2.05) is 25.1 Å². The molecule has 4 aromatic rings. The van der Waals surface area contributed by atoms with E-state index in [1.54, 1.807) is 36.7 Å². The molecule has 2 aromatic heterocycles. The van der Waals surface area contributed by atoms with E-state index in [2.05, 4.69) is 30.9 Å². The Morgan fingerprint density at radius 2 is 1.80 bits per heavy atom. The van der Waals surface area contributed by atoms with Gasteiger partial charge in [-0.2, -0.15) is 13.2 Å². The van der Waals surface area contributed by atoms with Crippen LogP contribution >= 0.6 is 0 Å². The highest BCUT2D eigenvalue weighted by Gasteiger charge is 2.30. The van der Waals surface area contributed by atoms with E-state index in [0.29, 0.717) is 29.1 Å². The lowest BCUT2D eigenvalue weighted by atomic mass is 10.1. The van der Waals surface area contributed by atoms with Crippen LogP contribution < -0.4 is 16.0 Å². The first-order valence-electron chi connectivity index (χ1n) is 11.2. The SMILES string of the molecule is Cc1nc(N/C=C/c2ccc(Nc3cccc(C(F)(F)F)c3)cn2)nc2c(NC3CC3)cccc12. The van der Waals surface area contributed by atoms with Gasteiger partial charge in [0.15, 0.2) is 0 Å². The summed E-state index contributed by atoms with van der Waals surface area (Å²) in [6.45, 7) is 1.96. The Balaban J connectivity index is 1.26. The zero-order valence-corrected chi connectivity index (χ0v) is 18.9. The number of aryl methyl sites for hydroxylation is 1. The summed E-state index contributed by atoms with van der Waals surface area (Å²) >= 11 is 0. The van der Waals surface area contributed by atoms with Gasteiger partial charge in [-0.05, 0) is 62.2 Å². The Kier molecular flexibility index (Phi) is 5.98. The molecule has 0 spiro atoms. The fourth-order valence-electron chi connectivity index (χ4n) is 3.65. The summed E-state index contributed by atoms with van der Waals surface area (Å²) in [4.78, 5) is 13.6. The van der Waals surface area contributed by atoms with Crippen molar-refractivity contribution in [3.8, 4) is 0 Å². The van der Waals surface area contributed by atoms with Gasteiger partial charge >= 0.3 is 6.18 Å². The molecule has 0 bridgehead atoms. The lowest BCUT2D eigenvalue weighted by Gasteiger charge is -2.11. The van der Waals surface area contributed by atoms with Crippen LogP contribution in [0.4, 0.5) is 36.2 Å². The minimum Gasteiger partial charge on any atom is -0.381 e. The van der Waals surface area contributed by atoms with Crippen LogP contribution in [0.25, 0.3) is 17.0 Å². The molecule has 5 rings (SSSR count). The molecule has 3 N–H and O–H groups in total. The highest BCUT2D eigenvalue weighted by molar-refractivity contribution is 5.92. The van der Waals surface area contributed by atoms with Gasteiger partial charge in [0.05, 0.1) is 40.0 Å². The molecule has 1 aliphatic carbocycles. The van der Waals surface area contributed by atoms with Crippen molar-refractivity contribution in [1.29, 1.82) is 0 Å². The minimum atomic E-state index is -4.39. The number of para-hydroxylation sites is 1. The van der Waals surface area contributed by atoms with Crippen LogP contribution in [0.15, 0.2) is 67.0 Å². The summed E-state index contributed by atoms with van der Waals surface area (Å²) in [5.41, 5.74) is 3.65. The molecule has 1 fully saturated rings. The maximum atomic E-state index is 12.9. The Labute approximate surface area is 200 Å². The van der Waals surface area contributed by atoms with Crippen LogP contribution in [0.2, 0.25) is 0 Å². The molecular formula is C26H23F3N6. The monoisotopic (exact) mass is 476 g/mol. The summed E-state index contributed by atoms with van der Waals surface area (Å²) in [7, 11) is 0. The van der Waals surface area contributed by atoms with Crippen molar-refractivity contribution in [2.45, 2.75) is 32.0 Å². The molecule has 6 nitrogen and oxygen atoms in total. The van der Waals surface area contributed by atoms with Gasteiger partial charge in [0.25, 0.3) is 0 Å². The molecule has 0 unspecified atom stereocenters. The lowest BCUT2D eigenvalue weighted by molar-refractivity contribution is -0.137. The van der Waals surface area contributed by atoms with Crippen LogP contribution in [-0.4, -0.2) is 21.0 Å². The van der Waals surface area contributed by atoms with Crippen molar-refractivity contribution in [1.82, 2.24) is 15.0 Å². The molecule has 2 aromatic carbocycles. The topological polar surface area (TPSA) is 74.8 Å². The van der Waals surface area contributed by atoms with Crippen molar-refractivity contribution in [3.05, 3.63) is 83.9 Å². The van der Waals surface area contributed by atoms with Gasteiger partial charge in [0, 0.05) is 23.3 Å². The largest absolute Gasteiger partial charge is 0.416 e. The van der Waals surface area contributed by atoms with E-state index in [1.165, 1.54) is 18.9 Å². The van der Waals surface area contributed by atoms with E-state index < -0.39 is 11.7 Å². The molecule has 0 radical (unpaired) electrons. The molecule has 35 heavy (non-hydrogen) atoms. The number of nitrogens with zero attached hydrogens (tertiary/aromatic N) is 3. The van der Waals surface area contributed by atoms with Gasteiger partial charge in [-0.3, -0.25) is 4.98 Å². The average Bonchev–Trinajstić information content (AvgIpc) is 3.65. The highest BCUT2D eigenvalue weighted by atomic mass is 19.4. The van der Waals surface area contributed by atoms with Gasteiger partial charge in [-0.1, -0.05) is 18.2 Å². The van der Waals surface area contributed by atoms with Gasteiger partial charge < -0.3 is 16.0 Å². The minimum absolute atomic E-state index is 0.339. The van der Waals surface area contributed by atoms with Gasteiger partial charge in [-0.25, -0.2) is 9.97 Å². The quantitative estimate of drug-likeness (QED) is 0.274. The number of aromatic nitrogens is 3. The van der Waals surface area contributed by atoms with Crippen LogP contribution in [0.5, 0.6) is 0 Å². The molecule has 9 heteroatoms. The van der Waals surface area contributed by atoms with Crippen molar-refractivity contribution in [2.75, 3.05) is 16.0 Å². The van der Waals surface area contributed by atoms with E-state index in [9.17, 15) is 13.2 Å². The number of alkyl halides is 3. The number of pyridine rings is 1. The molecule has 1 aliphatic rings. The maximum Gasteiger partial charge on any atom is 0.416 e. The van der Waals surface area contributed by atoms with Crippen molar-refractivity contribution < 1.29 is 13.2 Å². The lowest BCUT2D eigenvalue weighted by Crippen LogP contribution is -2.05. The second-order valence-electron chi connectivity index (χ2n) is 8.41. The molecule has 2 heterocycles. The summed E-state index contributed by atoms with van der Waals surface area (Å²) in [5, 5.41) is 10.6. The zero-order chi connectivity index (χ0) is 24.4. The first-order valence-corrected chi connectivity index (χ1v) is 11.2. The number of benzene rings is 2. The standard InChI is InChI=1S/C26H23F3N6/c1-16-22-6-3-7-23(34-19-9-10-19)24(22)35-25(32-16)30-13-12-18-8-11-21(15-31-18)33-20-5-2-4-17(14-20)26(27,28)29/h2-8,11-15,19,33-34H,9-10H2,1H3,(H,30,32,35)/b13-12+. The predicted molar refractivity (Wildman–Crippen MR) is 133 cm³/mol. The Morgan fingerprint density at radius 3 is 2.54 bits per heavy atom. The third-order valence-corrected chi connectivity index (χ3v) is 5.59. The number of halogens is 3. The predicted octanol–water partition coefficient (Wildman–Crippen LogP) is 6.75. The smallest absolute Gasteiger partial charge is 0.381 e. The van der Waals surface area contributed by atoms with E-state index in [-0.39, 0.29) is 0 Å². The van der Waals surface area contributed by atoms with Crippen LogP contribution in [-0.2, 0) is 6.18 Å². The van der Waals surface area contributed by atoms with Crippen molar-refractivity contribution >= 4 is 40.0 Å². The fourth-order valence-corrected chi connectivity index (χ4v) is 3.65. The third kappa shape index (κ3) is 5.51. The molecule has 0 atom stereocenters. The second kappa shape index (κ2) is 9.25. The van der Waals surface area contributed by atoms with E-state index in [0.717, 1.165) is 34.4 Å². The number of anilines is 4. The summed E-state index contributed by atoms with van der Waals surface area (Å²) in [6.07, 6.45) is 3.00. The second-order valence-corrected chi connectivity index (χ2v) is 8.41. The average molecular weight is 477 g/mol. The van der Waals surface area contributed by atoms with Gasteiger partial charge in [0.2, 0.25) is 5.95 Å². The Bertz CT molecular complexity index is 1380. The molecule has 178 valence electrons. The van der Waals surface area contributed by atoms with Crippen molar-refractivity contribution in [3.63, 3.8) is 0 Å². The summed E-state index contributed by atoms with van der Waals surface area (Å²) in [6, 6.07) is 15.1. The molecule has 0 aliphatic heterocycles. The van der Waals surface area contributed by atoms with Crippen LogP contribution in [0.1, 0.15) is 29.8 Å². The molecule has 0 amide bonds. The number of hydrogen-bond acceptors (Lipinski definition) is 6. The number of nitrogens with one attached hydrogen (secondary N) is 3. The van der Waals surface area contributed by atoms with Crippen molar-refractivity contribution in [2.24, 2.45) is 0 Å². The van der Waals surface area contributed by atoms with Gasteiger partial charge in [0.1, 0.15) is 0 Å². The molecule has 0 saturated heterocycles. The number of rotatable bonds is 7. The Morgan fingerprint density at radius 1 is 0.971 bits per heavy atom. The van der Waals surface area contributed by atoms with Crippen LogP contribution in [0.3, 0.4) is 0 Å². The van der Waals surface area contributed by atoms with E-state index in [4.69, 9.17) is 0 Å². The van der Waals surface area contributed by atoms with Gasteiger partial charge in [-0.15, -0.1) is 0 Å². The third-order valence-electron chi connectivity index (χ3n) is 5.59. The highest BCUT2D eigenvalue weighted by Crippen LogP contribution is 2.32. The molecule has 1 saturated carbocycles. The Hall–Kier alpha value is -4.14. The maximum absolute atomic E-state index is 12.9. The normalized spacial score (nSPS) is 13.8.